The Morgan fingerprint density at radius 2 is 2.00 bits per heavy atom. The van der Waals surface area contributed by atoms with Gasteiger partial charge in [0, 0.05) is 25.1 Å². The highest BCUT2D eigenvalue weighted by molar-refractivity contribution is 6.01. The van der Waals surface area contributed by atoms with E-state index in [1.807, 2.05) is 12.1 Å². The first-order chi connectivity index (χ1) is 13.6. The third-order valence-electron chi connectivity index (χ3n) is 3.78. The second kappa shape index (κ2) is 9.43. The van der Waals surface area contributed by atoms with Gasteiger partial charge in [0.1, 0.15) is 5.75 Å². The Balaban J connectivity index is 1.60. The summed E-state index contributed by atoms with van der Waals surface area (Å²) in [7, 11) is 1.63. The molecule has 0 saturated carbocycles. The topological polar surface area (TPSA) is 60.5 Å². The lowest BCUT2D eigenvalue weighted by Gasteiger charge is -2.07. The Labute approximate surface area is 162 Å². The van der Waals surface area contributed by atoms with E-state index in [9.17, 15) is 9.18 Å². The maximum atomic E-state index is 14.2. The Bertz CT molecular complexity index is 957. The number of carbonyl (C=O) groups excluding carboxylic acids is 1. The average Bonchev–Trinajstić information content (AvgIpc) is 2.71. The predicted octanol–water partition coefficient (Wildman–Crippen LogP) is 4.81. The number of ether oxygens (including phenoxy) is 2. The molecule has 3 aromatic rings. The van der Waals surface area contributed by atoms with Crippen LogP contribution >= 0.6 is 0 Å². The van der Waals surface area contributed by atoms with Gasteiger partial charge >= 0.3 is 0 Å². The van der Waals surface area contributed by atoms with E-state index in [-0.39, 0.29) is 11.7 Å². The molecular formula is C22H19FN2O3. The maximum Gasteiger partial charge on any atom is 0.248 e. The first-order valence-electron chi connectivity index (χ1n) is 8.58. The van der Waals surface area contributed by atoms with E-state index in [4.69, 9.17) is 9.47 Å². The highest BCUT2D eigenvalue weighted by Gasteiger charge is 2.06. The summed E-state index contributed by atoms with van der Waals surface area (Å²) in [5.74, 6) is -0.304. The van der Waals surface area contributed by atoms with E-state index in [1.54, 1.807) is 43.6 Å². The van der Waals surface area contributed by atoms with Crippen LogP contribution in [0.1, 0.15) is 11.1 Å². The molecule has 1 aromatic heterocycles. The van der Waals surface area contributed by atoms with Gasteiger partial charge < -0.3 is 14.8 Å². The van der Waals surface area contributed by atoms with Gasteiger partial charge in [-0.2, -0.15) is 0 Å². The number of anilines is 1. The van der Waals surface area contributed by atoms with Gasteiger partial charge in [0.2, 0.25) is 5.91 Å². The van der Waals surface area contributed by atoms with Gasteiger partial charge in [-0.3, -0.25) is 9.78 Å². The van der Waals surface area contributed by atoms with Crippen LogP contribution in [-0.2, 0) is 16.1 Å². The molecule has 5 nitrogen and oxygen atoms in total. The molecule has 28 heavy (non-hydrogen) atoms. The third kappa shape index (κ3) is 5.49. The van der Waals surface area contributed by atoms with Crippen molar-refractivity contribution in [1.82, 2.24) is 4.98 Å². The lowest BCUT2D eigenvalue weighted by atomic mass is 10.2. The van der Waals surface area contributed by atoms with Gasteiger partial charge in [-0.05, 0) is 53.6 Å². The van der Waals surface area contributed by atoms with Gasteiger partial charge in [-0.15, -0.1) is 0 Å². The fourth-order valence-electron chi connectivity index (χ4n) is 2.44. The molecule has 3 rings (SSSR count). The van der Waals surface area contributed by atoms with E-state index >= 15 is 0 Å². The number of hydrogen-bond acceptors (Lipinski definition) is 4. The van der Waals surface area contributed by atoms with Crippen LogP contribution in [0.2, 0.25) is 0 Å². The van der Waals surface area contributed by atoms with Crippen LogP contribution in [-0.4, -0.2) is 18.0 Å². The minimum absolute atomic E-state index is 0.0887. The SMILES string of the molecule is COCc1ccc(NC(=O)/C=C/c2ccc(Oc3cccnc3)c(F)c2)cc1. The van der Waals surface area contributed by atoms with Crippen molar-refractivity contribution in [1.29, 1.82) is 0 Å². The molecule has 0 fully saturated rings. The van der Waals surface area contributed by atoms with Crippen molar-refractivity contribution in [2.75, 3.05) is 12.4 Å². The van der Waals surface area contributed by atoms with Gasteiger partial charge in [0.05, 0.1) is 12.8 Å². The summed E-state index contributed by atoms with van der Waals surface area (Å²) in [6, 6.07) is 15.2. The van der Waals surface area contributed by atoms with E-state index in [0.717, 1.165) is 5.56 Å². The maximum absolute atomic E-state index is 14.2. The quantitative estimate of drug-likeness (QED) is 0.599. The minimum Gasteiger partial charge on any atom is -0.453 e. The molecule has 1 N–H and O–H groups in total. The Morgan fingerprint density at radius 1 is 1.18 bits per heavy atom. The van der Waals surface area contributed by atoms with E-state index in [2.05, 4.69) is 10.3 Å². The Hall–Kier alpha value is -3.51. The summed E-state index contributed by atoms with van der Waals surface area (Å²) >= 11 is 0. The first-order valence-corrected chi connectivity index (χ1v) is 8.58. The Kier molecular flexibility index (Phi) is 6.49. The van der Waals surface area contributed by atoms with Crippen LogP contribution in [0.3, 0.4) is 0 Å². The van der Waals surface area contributed by atoms with Crippen molar-refractivity contribution in [3.8, 4) is 11.5 Å². The number of hydrogen-bond donors (Lipinski definition) is 1. The monoisotopic (exact) mass is 378 g/mol. The summed E-state index contributed by atoms with van der Waals surface area (Å²) in [5.41, 5.74) is 2.22. The second-order valence-corrected chi connectivity index (χ2v) is 5.93. The molecule has 0 bridgehead atoms. The summed E-state index contributed by atoms with van der Waals surface area (Å²) < 4.78 is 24.7. The van der Waals surface area contributed by atoms with Crippen molar-refractivity contribution in [2.24, 2.45) is 0 Å². The van der Waals surface area contributed by atoms with Crippen LogP contribution in [0.15, 0.2) is 73.1 Å². The number of pyridine rings is 1. The molecule has 6 heteroatoms. The highest BCUT2D eigenvalue weighted by Crippen LogP contribution is 2.24. The number of nitrogens with one attached hydrogen (secondary N) is 1. The van der Waals surface area contributed by atoms with E-state index < -0.39 is 5.82 Å². The molecule has 0 saturated heterocycles. The lowest BCUT2D eigenvalue weighted by molar-refractivity contribution is -0.111. The summed E-state index contributed by atoms with van der Waals surface area (Å²) in [4.78, 5) is 16.0. The zero-order chi connectivity index (χ0) is 19.8. The third-order valence-corrected chi connectivity index (χ3v) is 3.78. The molecule has 142 valence electrons. The van der Waals surface area contributed by atoms with Crippen molar-refractivity contribution < 1.29 is 18.7 Å². The highest BCUT2D eigenvalue weighted by atomic mass is 19.1. The first kappa shape index (κ1) is 19.3. The number of benzene rings is 2. The van der Waals surface area contributed by atoms with Crippen LogP contribution in [0.4, 0.5) is 10.1 Å². The summed E-state index contributed by atoms with van der Waals surface area (Å²) in [6.07, 6.45) is 5.99. The number of amides is 1. The number of rotatable bonds is 7. The fourth-order valence-corrected chi connectivity index (χ4v) is 2.44. The zero-order valence-corrected chi connectivity index (χ0v) is 15.3. The molecule has 0 aliphatic carbocycles. The van der Waals surface area contributed by atoms with E-state index in [0.29, 0.717) is 23.6 Å². The molecule has 1 heterocycles. The van der Waals surface area contributed by atoms with Crippen LogP contribution in [0.5, 0.6) is 11.5 Å². The summed E-state index contributed by atoms with van der Waals surface area (Å²) in [6.45, 7) is 0.514. The molecule has 0 spiro atoms. The molecule has 0 unspecified atom stereocenters. The lowest BCUT2D eigenvalue weighted by Crippen LogP contribution is -2.07. The van der Waals surface area contributed by atoms with Crippen molar-refractivity contribution in [2.45, 2.75) is 6.61 Å². The predicted molar refractivity (Wildman–Crippen MR) is 106 cm³/mol. The van der Waals surface area contributed by atoms with Crippen LogP contribution < -0.4 is 10.1 Å². The number of carbonyl (C=O) groups is 1. The molecule has 0 atom stereocenters. The van der Waals surface area contributed by atoms with Gasteiger partial charge in [-0.25, -0.2) is 4.39 Å². The van der Waals surface area contributed by atoms with Crippen LogP contribution in [0.25, 0.3) is 6.08 Å². The molecule has 0 aliphatic rings. The molecular weight excluding hydrogens is 359 g/mol. The fraction of sp³-hybridized carbons (Fsp3) is 0.0909. The average molecular weight is 378 g/mol. The van der Waals surface area contributed by atoms with Crippen molar-refractivity contribution in [3.05, 3.63) is 90.0 Å². The van der Waals surface area contributed by atoms with Gasteiger partial charge in [0.15, 0.2) is 11.6 Å². The number of methoxy groups -OCH3 is 1. The normalized spacial score (nSPS) is 10.8. The number of nitrogens with zero attached hydrogens (tertiary/aromatic N) is 1. The standard InChI is InChI=1S/C22H19FN2O3/c1-27-15-17-4-8-18(9-5-17)25-22(26)11-7-16-6-10-21(20(23)13-16)28-19-3-2-12-24-14-19/h2-14H,15H2,1H3,(H,25,26)/b11-7+. The van der Waals surface area contributed by atoms with Gasteiger partial charge in [0.25, 0.3) is 0 Å². The molecule has 0 radical (unpaired) electrons. The zero-order valence-electron chi connectivity index (χ0n) is 15.3. The largest absolute Gasteiger partial charge is 0.453 e. The van der Waals surface area contributed by atoms with Crippen molar-refractivity contribution >= 4 is 17.7 Å². The van der Waals surface area contributed by atoms with E-state index in [1.165, 1.54) is 30.5 Å². The minimum atomic E-state index is -0.528. The number of aromatic nitrogens is 1. The molecule has 2 aromatic carbocycles. The van der Waals surface area contributed by atoms with Gasteiger partial charge in [-0.1, -0.05) is 18.2 Å². The van der Waals surface area contributed by atoms with Crippen molar-refractivity contribution in [3.63, 3.8) is 0 Å². The Morgan fingerprint density at radius 3 is 2.68 bits per heavy atom. The number of halogens is 1. The van der Waals surface area contributed by atoms with Crippen LogP contribution in [0, 0.1) is 5.82 Å². The summed E-state index contributed by atoms with van der Waals surface area (Å²) in [5, 5.41) is 2.75. The molecule has 1 amide bonds. The smallest absolute Gasteiger partial charge is 0.248 e. The molecule has 0 aliphatic heterocycles. The second-order valence-electron chi connectivity index (χ2n) is 5.93.